The van der Waals surface area contributed by atoms with Crippen LogP contribution in [-0.2, 0) is 43.6 Å². The fourth-order valence-electron chi connectivity index (χ4n) is 8.93. The molecule has 6 aromatic rings. The van der Waals surface area contributed by atoms with Crippen LogP contribution in [0.5, 0.6) is 28.7 Å². The van der Waals surface area contributed by atoms with Crippen LogP contribution < -0.4 is 23.0 Å². The molecular formula is C59H78O8P2. The van der Waals surface area contributed by atoms with Gasteiger partial charge in [-0.15, -0.1) is 0 Å². The van der Waals surface area contributed by atoms with E-state index in [2.05, 4.69) is 187 Å². The number of hydrogen-bond donors (Lipinski definition) is 0. The molecule has 8 nitrogen and oxygen atoms in total. The highest BCUT2D eigenvalue weighted by Crippen LogP contribution is 2.58. The summed E-state index contributed by atoms with van der Waals surface area (Å²) < 4.78 is 55.0. The molecule has 7 rings (SSSR count). The number of fused-ring (bicyclic) bond motifs is 4. The van der Waals surface area contributed by atoms with E-state index in [-0.39, 0.29) is 21.7 Å². The van der Waals surface area contributed by atoms with Crippen molar-refractivity contribution in [3.8, 4) is 39.9 Å². The molecule has 5 aromatic carbocycles. The second-order valence-corrected chi connectivity index (χ2v) is 27.2. The highest BCUT2D eigenvalue weighted by atomic mass is 31.2. The highest BCUT2D eigenvalue weighted by molar-refractivity contribution is 7.42. The minimum absolute atomic E-state index is 0.0570. The van der Waals surface area contributed by atoms with Gasteiger partial charge in [0.05, 0.1) is 20.8 Å². The van der Waals surface area contributed by atoms with Crippen LogP contribution in [0.1, 0.15) is 175 Å². The van der Waals surface area contributed by atoms with Crippen molar-refractivity contribution in [2.24, 2.45) is 0 Å². The first-order valence-electron chi connectivity index (χ1n) is 24.3. The predicted molar refractivity (Wildman–Crippen MR) is 288 cm³/mol. The van der Waals surface area contributed by atoms with Gasteiger partial charge in [-0.2, -0.15) is 0 Å². The summed E-state index contributed by atoms with van der Waals surface area (Å²) in [5, 5.41) is 1.98. The summed E-state index contributed by atoms with van der Waals surface area (Å²) in [6, 6.07) is 21.5. The van der Waals surface area contributed by atoms with E-state index in [1.807, 2.05) is 12.1 Å². The van der Waals surface area contributed by atoms with Gasteiger partial charge in [0.15, 0.2) is 0 Å². The van der Waals surface area contributed by atoms with E-state index >= 15 is 0 Å². The minimum Gasteiger partial charge on any atom is -0.497 e. The van der Waals surface area contributed by atoms with Gasteiger partial charge in [-0.05, 0) is 105 Å². The lowest BCUT2D eigenvalue weighted by Crippen LogP contribution is -2.21. The van der Waals surface area contributed by atoms with Crippen LogP contribution in [0, 0.1) is 13.8 Å². The molecule has 1 aliphatic heterocycles. The Morgan fingerprint density at radius 2 is 0.870 bits per heavy atom. The molecule has 0 aliphatic carbocycles. The Kier molecular flexibility index (Phi) is 13.8. The fourth-order valence-corrected chi connectivity index (χ4v) is 11.2. The summed E-state index contributed by atoms with van der Waals surface area (Å²) in [5.41, 5.74) is 11.0. The summed E-state index contributed by atoms with van der Waals surface area (Å²) in [5.74, 6) is 3.32. The zero-order valence-corrected chi connectivity index (χ0v) is 47.4. The Bertz CT molecular complexity index is 2890. The lowest BCUT2D eigenvalue weighted by molar-refractivity contribution is 0.229. The molecule has 372 valence electrons. The molecule has 69 heavy (non-hydrogen) atoms. The third-order valence-electron chi connectivity index (χ3n) is 12.9. The summed E-state index contributed by atoms with van der Waals surface area (Å²) in [7, 11) is -0.714. The van der Waals surface area contributed by atoms with Gasteiger partial charge in [-0.25, -0.2) is 0 Å². The van der Waals surface area contributed by atoms with Crippen molar-refractivity contribution in [2.75, 3.05) is 14.2 Å². The van der Waals surface area contributed by atoms with Crippen molar-refractivity contribution >= 4 is 38.8 Å². The molecule has 0 amide bonds. The van der Waals surface area contributed by atoms with E-state index in [1.165, 1.54) is 5.56 Å². The highest BCUT2D eigenvalue weighted by Gasteiger charge is 2.37. The fraction of sp³-hybridized carbons (Fsp3) is 0.492. The number of hydrogen-bond acceptors (Lipinski definition) is 8. The molecular weight excluding hydrogens is 899 g/mol. The van der Waals surface area contributed by atoms with Crippen molar-refractivity contribution in [2.45, 2.75) is 178 Å². The van der Waals surface area contributed by atoms with Crippen molar-refractivity contribution < 1.29 is 36.0 Å². The van der Waals surface area contributed by atoms with E-state index in [0.29, 0.717) is 29.6 Å². The molecule has 0 bridgehead atoms. The monoisotopic (exact) mass is 977 g/mol. The Morgan fingerprint density at radius 3 is 1.26 bits per heavy atom. The van der Waals surface area contributed by atoms with Gasteiger partial charge < -0.3 is 31.4 Å². The van der Waals surface area contributed by atoms with Gasteiger partial charge in [-0.3, -0.25) is 4.52 Å². The van der Waals surface area contributed by atoms with Crippen LogP contribution in [-0.4, -0.2) is 14.2 Å². The zero-order valence-electron chi connectivity index (χ0n) is 45.6. The van der Waals surface area contributed by atoms with Crippen molar-refractivity contribution in [1.29, 1.82) is 0 Å². The number of ether oxygens (including phenoxy) is 2. The SMILES string of the molecule is COc1cc(-c2cc(OC)cc(C(C)(C)C)c2Op2oc3c(C(C)(C)C)cc(C)cc3c3cc(C)cc(C(C)(C)C)c3o2)c(OP2OCc3cc(C(C)(C)C)cc(C(C)(C)C)c3O2)c(C(C)(C)C)c1. The average Bonchev–Trinajstić information content (AvgIpc) is 3.36. The van der Waals surface area contributed by atoms with E-state index in [9.17, 15) is 0 Å². The molecule has 0 radical (unpaired) electrons. The van der Waals surface area contributed by atoms with E-state index in [4.69, 9.17) is 36.0 Å². The molecule has 1 aliphatic rings. The summed E-state index contributed by atoms with van der Waals surface area (Å²) in [4.78, 5) is 0. The average molecular weight is 977 g/mol. The molecule has 1 atom stereocenters. The van der Waals surface area contributed by atoms with Crippen LogP contribution in [0.15, 0.2) is 69.1 Å². The van der Waals surface area contributed by atoms with Crippen LogP contribution in [0.2, 0.25) is 0 Å². The quantitative estimate of drug-likeness (QED) is 0.146. The first-order valence-corrected chi connectivity index (χ1v) is 26.4. The van der Waals surface area contributed by atoms with Gasteiger partial charge in [0.1, 0.15) is 39.9 Å². The van der Waals surface area contributed by atoms with Crippen LogP contribution in [0.4, 0.5) is 0 Å². The lowest BCUT2D eigenvalue weighted by atomic mass is 9.79. The summed E-state index contributed by atoms with van der Waals surface area (Å²) in [6.07, 6.45) is 0. The summed E-state index contributed by atoms with van der Waals surface area (Å²) >= 11 is 0. The first-order chi connectivity index (χ1) is 31.7. The van der Waals surface area contributed by atoms with E-state index in [0.717, 1.165) is 83.3 Å². The molecule has 1 unspecified atom stereocenters. The van der Waals surface area contributed by atoms with Gasteiger partial charge in [0, 0.05) is 55.3 Å². The molecule has 0 saturated heterocycles. The molecule has 0 saturated carbocycles. The number of aryl methyl sites for hydroxylation is 2. The Labute approximate surface area is 415 Å². The van der Waals surface area contributed by atoms with Crippen molar-refractivity contribution in [3.05, 3.63) is 111 Å². The van der Waals surface area contributed by atoms with Gasteiger partial charge in [-0.1, -0.05) is 143 Å². The standard InChI is InChI=1S/C59H78O8P2/c1-34-23-40-41-24-35(2)26-45(56(9,10)11)51(41)66-69(65-50(40)44(25-34)55(6,7)8)67-53-43(30-39(61-22)32-48(53)59(18,19)20)42-29-38(60-21)31-47(58(15,16)17)52(42)64-68-62-33-36-27-37(54(3,4)5)28-46(49(36)63-68)57(12,13)14/h23-32H,33H2,1-22H3. The molecule has 2 heterocycles. The zero-order chi connectivity index (χ0) is 51.1. The van der Waals surface area contributed by atoms with Gasteiger partial charge in [0.2, 0.25) is 0 Å². The van der Waals surface area contributed by atoms with Crippen molar-refractivity contribution in [1.82, 2.24) is 0 Å². The van der Waals surface area contributed by atoms with E-state index < -0.39 is 27.7 Å². The normalized spacial score (nSPS) is 15.0. The maximum absolute atomic E-state index is 7.48. The van der Waals surface area contributed by atoms with Crippen LogP contribution in [0.3, 0.4) is 0 Å². The minimum atomic E-state index is -2.16. The Morgan fingerprint density at radius 1 is 0.449 bits per heavy atom. The smallest absolute Gasteiger partial charge is 0.463 e. The number of methoxy groups -OCH3 is 2. The largest absolute Gasteiger partial charge is 0.497 e. The third kappa shape index (κ3) is 10.8. The molecule has 10 heteroatoms. The molecule has 0 spiro atoms. The topological polar surface area (TPSA) is 81.7 Å². The number of rotatable bonds is 7. The maximum Gasteiger partial charge on any atom is 0.463 e. The predicted octanol–water partition coefficient (Wildman–Crippen LogP) is 18.4. The lowest BCUT2D eigenvalue weighted by Gasteiger charge is -2.34. The van der Waals surface area contributed by atoms with Gasteiger partial charge in [0.25, 0.3) is 0 Å². The third-order valence-corrected chi connectivity index (χ3v) is 14.9. The first kappa shape index (κ1) is 52.2. The van der Waals surface area contributed by atoms with Crippen molar-refractivity contribution in [3.63, 3.8) is 0 Å². The second kappa shape index (κ2) is 18.2. The second-order valence-electron chi connectivity index (χ2n) is 25.2. The molecule has 1 aromatic heterocycles. The van der Waals surface area contributed by atoms with Crippen LogP contribution in [0.25, 0.3) is 33.1 Å². The van der Waals surface area contributed by atoms with E-state index in [1.54, 1.807) is 14.2 Å². The summed E-state index contributed by atoms with van der Waals surface area (Å²) in [6.45, 7) is 44.4. The maximum atomic E-state index is 7.48. The Hall–Kier alpha value is -4.61. The van der Waals surface area contributed by atoms with Gasteiger partial charge >= 0.3 is 16.8 Å². The Balaban J connectivity index is 1.55. The number of benzene rings is 5. The van der Waals surface area contributed by atoms with Crippen LogP contribution >= 0.6 is 16.8 Å². The molecule has 0 N–H and O–H groups in total. The molecule has 0 fully saturated rings.